The van der Waals surface area contributed by atoms with Gasteiger partial charge in [0.1, 0.15) is 0 Å². The third-order valence-electron chi connectivity index (χ3n) is 2.19. The van der Waals surface area contributed by atoms with Gasteiger partial charge in [0.2, 0.25) is 0 Å². The molecular weight excluding hydrogens is 254 g/mol. The van der Waals surface area contributed by atoms with Crippen LogP contribution in [0.25, 0.3) is 0 Å². The molecule has 0 amide bonds. The van der Waals surface area contributed by atoms with Crippen molar-refractivity contribution in [3.8, 4) is 0 Å². The van der Waals surface area contributed by atoms with Gasteiger partial charge in [0.05, 0.1) is 29.6 Å². The van der Waals surface area contributed by atoms with E-state index in [-0.39, 0.29) is 5.75 Å². The molecule has 0 atom stereocenters. The van der Waals surface area contributed by atoms with E-state index in [0.717, 1.165) is 23.8 Å². The fourth-order valence-corrected chi connectivity index (χ4v) is 2.15. The molecule has 0 saturated heterocycles. The zero-order valence-electron chi connectivity index (χ0n) is 10.9. The van der Waals surface area contributed by atoms with Gasteiger partial charge in [-0.3, -0.25) is 9.48 Å². The van der Waals surface area contributed by atoms with Gasteiger partial charge >= 0.3 is 5.97 Å². The minimum atomic E-state index is -0.825. The van der Waals surface area contributed by atoms with Crippen LogP contribution in [0.15, 0.2) is 11.1 Å². The quantitative estimate of drug-likeness (QED) is 0.706. The predicted octanol–water partition coefficient (Wildman–Crippen LogP) is 0.768. The van der Waals surface area contributed by atoms with E-state index < -0.39 is 5.97 Å². The van der Waals surface area contributed by atoms with E-state index >= 15 is 0 Å². The van der Waals surface area contributed by atoms with Crippen molar-refractivity contribution in [3.05, 3.63) is 11.8 Å². The molecule has 18 heavy (non-hydrogen) atoms. The van der Waals surface area contributed by atoms with Crippen molar-refractivity contribution >= 4 is 17.7 Å². The Morgan fingerprint density at radius 1 is 1.61 bits per heavy atom. The lowest BCUT2D eigenvalue weighted by Gasteiger charge is -2.11. The Labute approximate surface area is 111 Å². The van der Waals surface area contributed by atoms with Crippen molar-refractivity contribution in [3.63, 3.8) is 0 Å². The first-order chi connectivity index (χ1) is 8.52. The van der Waals surface area contributed by atoms with Crippen molar-refractivity contribution in [1.29, 1.82) is 0 Å². The van der Waals surface area contributed by atoms with Crippen LogP contribution in [0.3, 0.4) is 0 Å². The number of hydrogen-bond donors (Lipinski definition) is 1. The molecule has 0 aliphatic rings. The molecule has 0 aliphatic carbocycles. The van der Waals surface area contributed by atoms with Crippen LogP contribution in [0, 0.1) is 0 Å². The molecular formula is C11H19N3O3S. The number of hydrogen-bond acceptors (Lipinski definition) is 5. The molecule has 0 aromatic carbocycles. The molecule has 1 aromatic rings. The van der Waals surface area contributed by atoms with Crippen LogP contribution in [-0.2, 0) is 22.7 Å². The first-order valence-corrected chi connectivity index (χ1v) is 6.56. The second-order valence-electron chi connectivity index (χ2n) is 4.12. The highest BCUT2D eigenvalue weighted by atomic mass is 32.2. The molecule has 0 bridgehead atoms. The maximum absolute atomic E-state index is 10.6. The first kappa shape index (κ1) is 15.0. The third kappa shape index (κ3) is 5.07. The van der Waals surface area contributed by atoms with E-state index in [1.807, 2.05) is 24.8 Å². The number of rotatable bonds is 8. The lowest BCUT2D eigenvalue weighted by atomic mass is 10.5. The predicted molar refractivity (Wildman–Crippen MR) is 69.9 cm³/mol. The van der Waals surface area contributed by atoms with E-state index in [4.69, 9.17) is 9.84 Å². The standard InChI is InChI=1S/C11H19N3O3S/c1-13(2)4-5-14-10(18-8-11(15)16)6-9(12-14)7-17-3/h6H,4-5,7-8H2,1-3H3,(H,15,16). The lowest BCUT2D eigenvalue weighted by Crippen LogP contribution is -2.19. The molecule has 0 unspecified atom stereocenters. The van der Waals surface area contributed by atoms with Crippen molar-refractivity contribution in [2.24, 2.45) is 0 Å². The third-order valence-corrected chi connectivity index (χ3v) is 3.20. The number of ether oxygens (including phenoxy) is 1. The summed E-state index contributed by atoms with van der Waals surface area (Å²) in [6, 6.07) is 1.88. The summed E-state index contributed by atoms with van der Waals surface area (Å²) >= 11 is 1.28. The van der Waals surface area contributed by atoms with Gasteiger partial charge in [0.25, 0.3) is 0 Å². The fourth-order valence-electron chi connectivity index (χ4n) is 1.38. The summed E-state index contributed by atoms with van der Waals surface area (Å²) in [5.74, 6) is -0.784. The molecule has 6 nitrogen and oxygen atoms in total. The van der Waals surface area contributed by atoms with Gasteiger partial charge in [0.15, 0.2) is 0 Å². The van der Waals surface area contributed by atoms with Crippen LogP contribution >= 0.6 is 11.8 Å². The Hall–Kier alpha value is -1.05. The van der Waals surface area contributed by atoms with Gasteiger partial charge in [-0.2, -0.15) is 5.10 Å². The van der Waals surface area contributed by atoms with E-state index in [9.17, 15) is 4.79 Å². The molecule has 0 fully saturated rings. The van der Waals surface area contributed by atoms with E-state index in [0.29, 0.717) is 6.61 Å². The van der Waals surface area contributed by atoms with Crippen LogP contribution < -0.4 is 0 Å². The van der Waals surface area contributed by atoms with Gasteiger partial charge < -0.3 is 14.7 Å². The summed E-state index contributed by atoms with van der Waals surface area (Å²) < 4.78 is 6.87. The molecule has 1 heterocycles. The molecule has 102 valence electrons. The zero-order chi connectivity index (χ0) is 13.5. The van der Waals surface area contributed by atoms with E-state index in [2.05, 4.69) is 10.00 Å². The average molecular weight is 273 g/mol. The lowest BCUT2D eigenvalue weighted by molar-refractivity contribution is -0.133. The number of carboxylic acid groups (broad SMARTS) is 1. The van der Waals surface area contributed by atoms with Crippen molar-refractivity contribution in [2.75, 3.05) is 33.5 Å². The Morgan fingerprint density at radius 3 is 2.89 bits per heavy atom. The number of thioether (sulfide) groups is 1. The first-order valence-electron chi connectivity index (χ1n) is 5.58. The molecule has 7 heteroatoms. The van der Waals surface area contributed by atoms with Gasteiger partial charge in [-0.15, -0.1) is 0 Å². The van der Waals surface area contributed by atoms with Crippen LogP contribution in [-0.4, -0.2) is 59.3 Å². The summed E-state index contributed by atoms with van der Waals surface area (Å²) in [5, 5.41) is 14.0. The van der Waals surface area contributed by atoms with Gasteiger partial charge in [-0.05, 0) is 20.2 Å². The minimum absolute atomic E-state index is 0.0417. The highest BCUT2D eigenvalue weighted by molar-refractivity contribution is 7.99. The number of aliphatic carboxylic acids is 1. The van der Waals surface area contributed by atoms with Crippen LogP contribution in [0.1, 0.15) is 5.69 Å². The van der Waals surface area contributed by atoms with E-state index in [1.54, 1.807) is 7.11 Å². The monoisotopic (exact) mass is 273 g/mol. The molecule has 0 aliphatic heterocycles. The number of methoxy groups -OCH3 is 1. The van der Waals surface area contributed by atoms with Crippen LogP contribution in [0.2, 0.25) is 0 Å². The number of likely N-dealkylation sites (N-methyl/N-ethyl adjacent to an activating group) is 1. The summed E-state index contributed by atoms with van der Waals surface area (Å²) in [6.07, 6.45) is 0. The fraction of sp³-hybridized carbons (Fsp3) is 0.636. The Bertz CT molecular complexity index is 393. The second-order valence-corrected chi connectivity index (χ2v) is 5.11. The maximum atomic E-state index is 10.6. The van der Waals surface area contributed by atoms with Gasteiger partial charge in [0, 0.05) is 13.7 Å². The van der Waals surface area contributed by atoms with Crippen molar-refractivity contribution in [2.45, 2.75) is 18.2 Å². The molecule has 0 saturated carbocycles. The number of carbonyl (C=O) groups is 1. The van der Waals surface area contributed by atoms with Crippen molar-refractivity contribution in [1.82, 2.24) is 14.7 Å². The number of nitrogens with zero attached hydrogens (tertiary/aromatic N) is 3. The molecule has 1 aromatic heterocycles. The summed E-state index contributed by atoms with van der Waals surface area (Å²) in [5.41, 5.74) is 0.823. The number of carboxylic acids is 1. The normalized spacial score (nSPS) is 11.1. The van der Waals surface area contributed by atoms with Gasteiger partial charge in [-0.25, -0.2) is 0 Å². The topological polar surface area (TPSA) is 67.6 Å². The maximum Gasteiger partial charge on any atom is 0.313 e. The van der Waals surface area contributed by atoms with Gasteiger partial charge in [-0.1, -0.05) is 11.8 Å². The Morgan fingerprint density at radius 2 is 2.33 bits per heavy atom. The molecule has 1 N–H and O–H groups in total. The molecule has 0 spiro atoms. The highest BCUT2D eigenvalue weighted by Gasteiger charge is 2.10. The molecule has 1 rings (SSSR count). The smallest absolute Gasteiger partial charge is 0.313 e. The summed E-state index contributed by atoms with van der Waals surface area (Å²) in [7, 11) is 5.59. The zero-order valence-corrected chi connectivity index (χ0v) is 11.7. The van der Waals surface area contributed by atoms with E-state index in [1.165, 1.54) is 11.8 Å². The SMILES string of the molecule is COCc1cc(SCC(=O)O)n(CCN(C)C)n1. The Kier molecular flexibility index (Phi) is 6.17. The van der Waals surface area contributed by atoms with Crippen LogP contribution in [0.4, 0.5) is 0 Å². The minimum Gasteiger partial charge on any atom is -0.481 e. The largest absolute Gasteiger partial charge is 0.481 e. The second kappa shape index (κ2) is 7.40. The number of aromatic nitrogens is 2. The average Bonchev–Trinajstić information content (AvgIpc) is 2.66. The highest BCUT2D eigenvalue weighted by Crippen LogP contribution is 2.19. The van der Waals surface area contributed by atoms with Crippen molar-refractivity contribution < 1.29 is 14.6 Å². The summed E-state index contributed by atoms with van der Waals surface area (Å²) in [6.45, 7) is 2.03. The van der Waals surface area contributed by atoms with Crippen LogP contribution in [0.5, 0.6) is 0 Å². The summed E-state index contributed by atoms with van der Waals surface area (Å²) in [4.78, 5) is 12.7. The molecule has 0 radical (unpaired) electrons. The Balaban J connectivity index is 2.72.